The highest BCUT2D eigenvalue weighted by Crippen LogP contribution is 2.35. The van der Waals surface area contributed by atoms with E-state index in [1.54, 1.807) is 0 Å². The zero-order valence-electron chi connectivity index (χ0n) is 14.3. The molecule has 2 heteroatoms. The molecule has 0 bridgehead atoms. The van der Waals surface area contributed by atoms with Crippen molar-refractivity contribution in [3.63, 3.8) is 0 Å². The highest BCUT2D eigenvalue weighted by atomic mass is 15.1. The molecule has 1 N–H and O–H groups in total. The number of nitrogens with one attached hydrogen (secondary N) is 1. The molecular formula is C19H32N2. The normalized spacial score (nSPS) is 20.4. The Balaban J connectivity index is 2.08. The van der Waals surface area contributed by atoms with Crippen molar-refractivity contribution >= 4 is 5.69 Å². The average Bonchev–Trinajstić information content (AvgIpc) is 2.71. The summed E-state index contributed by atoms with van der Waals surface area (Å²) < 4.78 is 0. The van der Waals surface area contributed by atoms with E-state index in [1.165, 1.54) is 43.6 Å². The van der Waals surface area contributed by atoms with Gasteiger partial charge in [-0.1, -0.05) is 45.9 Å². The second-order valence-electron chi connectivity index (χ2n) is 7.39. The van der Waals surface area contributed by atoms with Crippen molar-refractivity contribution in [2.45, 2.75) is 53.5 Å². The predicted molar refractivity (Wildman–Crippen MR) is 92.8 cm³/mol. The molecule has 1 fully saturated rings. The number of benzene rings is 1. The summed E-state index contributed by atoms with van der Waals surface area (Å²) in [4.78, 5) is 2.61. The smallest absolute Gasteiger partial charge is 0.0411 e. The molecule has 0 aliphatic carbocycles. The summed E-state index contributed by atoms with van der Waals surface area (Å²) in [7, 11) is 0. The number of hydrogen-bond acceptors (Lipinski definition) is 2. The molecule has 1 heterocycles. The molecule has 118 valence electrons. The van der Waals surface area contributed by atoms with Crippen molar-refractivity contribution in [1.82, 2.24) is 5.32 Å². The summed E-state index contributed by atoms with van der Waals surface area (Å²) >= 11 is 0. The first-order chi connectivity index (χ1) is 10.0. The fraction of sp³-hybridized carbons (Fsp3) is 0.684. The third kappa shape index (κ3) is 4.47. The quantitative estimate of drug-likeness (QED) is 0.880. The van der Waals surface area contributed by atoms with Crippen LogP contribution in [0.4, 0.5) is 5.69 Å². The molecule has 1 aromatic carbocycles. The lowest BCUT2D eigenvalue weighted by molar-refractivity contribution is 0.220. The van der Waals surface area contributed by atoms with Gasteiger partial charge in [0.25, 0.3) is 0 Å². The van der Waals surface area contributed by atoms with Crippen molar-refractivity contribution in [2.24, 2.45) is 11.3 Å². The van der Waals surface area contributed by atoms with Gasteiger partial charge in [0.05, 0.1) is 0 Å². The van der Waals surface area contributed by atoms with E-state index < -0.39 is 0 Å². The molecule has 1 atom stereocenters. The van der Waals surface area contributed by atoms with Crippen LogP contribution in [0.5, 0.6) is 0 Å². The van der Waals surface area contributed by atoms with Crippen LogP contribution >= 0.6 is 0 Å². The lowest BCUT2D eigenvalue weighted by Crippen LogP contribution is -2.27. The molecule has 1 aliphatic heterocycles. The van der Waals surface area contributed by atoms with Crippen molar-refractivity contribution in [1.29, 1.82) is 0 Å². The second-order valence-corrected chi connectivity index (χ2v) is 7.39. The standard InChI is InChI=1S/C19H32N2/c1-5-20-15-16-9-6-7-11-18(16)21-13-8-10-17(12-14-21)19(2,3)4/h6-7,9,11,17,20H,5,8,10,12-15H2,1-4H3. The van der Waals surface area contributed by atoms with Crippen LogP contribution in [-0.4, -0.2) is 19.6 Å². The first kappa shape index (κ1) is 16.4. The molecule has 1 unspecified atom stereocenters. The Labute approximate surface area is 130 Å². The zero-order chi connectivity index (χ0) is 15.3. The maximum absolute atomic E-state index is 3.47. The third-order valence-electron chi connectivity index (χ3n) is 4.85. The number of hydrogen-bond donors (Lipinski definition) is 1. The SMILES string of the molecule is CCNCc1ccccc1N1CCCC(C(C)(C)C)CC1. The fourth-order valence-corrected chi connectivity index (χ4v) is 3.43. The van der Waals surface area contributed by atoms with E-state index in [4.69, 9.17) is 0 Å². The average molecular weight is 288 g/mol. The fourth-order valence-electron chi connectivity index (χ4n) is 3.43. The molecule has 0 radical (unpaired) electrons. The summed E-state index contributed by atoms with van der Waals surface area (Å²) in [6.45, 7) is 13.8. The summed E-state index contributed by atoms with van der Waals surface area (Å²) in [5.74, 6) is 0.850. The molecule has 2 nitrogen and oxygen atoms in total. The largest absolute Gasteiger partial charge is 0.371 e. The minimum Gasteiger partial charge on any atom is -0.371 e. The molecule has 0 saturated carbocycles. The van der Waals surface area contributed by atoms with Gasteiger partial charge in [-0.25, -0.2) is 0 Å². The van der Waals surface area contributed by atoms with E-state index in [2.05, 4.69) is 62.2 Å². The Morgan fingerprint density at radius 1 is 1.14 bits per heavy atom. The van der Waals surface area contributed by atoms with Crippen LogP contribution in [0, 0.1) is 11.3 Å². The number of anilines is 1. The minimum absolute atomic E-state index is 0.444. The Morgan fingerprint density at radius 2 is 1.90 bits per heavy atom. The van der Waals surface area contributed by atoms with Gasteiger partial charge in [0, 0.05) is 25.3 Å². The number of nitrogens with zero attached hydrogens (tertiary/aromatic N) is 1. The Bertz CT molecular complexity index is 433. The van der Waals surface area contributed by atoms with E-state index in [-0.39, 0.29) is 0 Å². The van der Waals surface area contributed by atoms with Gasteiger partial charge in [-0.15, -0.1) is 0 Å². The molecule has 0 spiro atoms. The van der Waals surface area contributed by atoms with Crippen molar-refractivity contribution < 1.29 is 0 Å². The van der Waals surface area contributed by atoms with Crippen molar-refractivity contribution in [3.8, 4) is 0 Å². The first-order valence-electron chi connectivity index (χ1n) is 8.56. The topological polar surface area (TPSA) is 15.3 Å². The van der Waals surface area contributed by atoms with Crippen LogP contribution < -0.4 is 10.2 Å². The lowest BCUT2D eigenvalue weighted by Gasteiger charge is -2.30. The molecule has 21 heavy (non-hydrogen) atoms. The van der Waals surface area contributed by atoms with Crippen LogP contribution in [0.1, 0.15) is 52.5 Å². The zero-order valence-corrected chi connectivity index (χ0v) is 14.3. The highest BCUT2D eigenvalue weighted by Gasteiger charge is 2.27. The molecule has 1 aliphatic rings. The molecule has 0 amide bonds. The van der Waals surface area contributed by atoms with Gasteiger partial charge in [0.1, 0.15) is 0 Å². The van der Waals surface area contributed by atoms with Gasteiger partial charge < -0.3 is 10.2 Å². The Hall–Kier alpha value is -1.02. The van der Waals surface area contributed by atoms with E-state index in [0.717, 1.165) is 19.0 Å². The van der Waals surface area contributed by atoms with Gasteiger partial charge >= 0.3 is 0 Å². The Kier molecular flexibility index (Phi) is 5.69. The maximum Gasteiger partial charge on any atom is 0.0411 e. The first-order valence-corrected chi connectivity index (χ1v) is 8.56. The molecule has 2 rings (SSSR count). The molecule has 0 aromatic heterocycles. The van der Waals surface area contributed by atoms with Gasteiger partial charge in [-0.05, 0) is 48.8 Å². The van der Waals surface area contributed by atoms with Gasteiger partial charge in [-0.2, -0.15) is 0 Å². The van der Waals surface area contributed by atoms with Crippen LogP contribution in [0.2, 0.25) is 0 Å². The molecule has 1 aromatic rings. The number of para-hydroxylation sites is 1. The third-order valence-corrected chi connectivity index (χ3v) is 4.85. The summed E-state index contributed by atoms with van der Waals surface area (Å²) in [5, 5.41) is 3.47. The summed E-state index contributed by atoms with van der Waals surface area (Å²) in [5.41, 5.74) is 3.32. The van der Waals surface area contributed by atoms with Gasteiger partial charge in [0.2, 0.25) is 0 Å². The van der Waals surface area contributed by atoms with Crippen LogP contribution in [-0.2, 0) is 6.54 Å². The van der Waals surface area contributed by atoms with E-state index in [9.17, 15) is 0 Å². The van der Waals surface area contributed by atoms with Crippen LogP contribution in [0.25, 0.3) is 0 Å². The highest BCUT2D eigenvalue weighted by molar-refractivity contribution is 5.53. The second kappa shape index (κ2) is 7.31. The summed E-state index contributed by atoms with van der Waals surface area (Å²) in [6.07, 6.45) is 4.01. The number of rotatable bonds is 4. The Morgan fingerprint density at radius 3 is 2.62 bits per heavy atom. The van der Waals surface area contributed by atoms with E-state index >= 15 is 0 Å². The lowest BCUT2D eigenvalue weighted by atomic mass is 9.77. The van der Waals surface area contributed by atoms with Crippen LogP contribution in [0.3, 0.4) is 0 Å². The van der Waals surface area contributed by atoms with Gasteiger partial charge in [-0.3, -0.25) is 0 Å². The maximum atomic E-state index is 3.47. The van der Waals surface area contributed by atoms with Crippen molar-refractivity contribution in [2.75, 3.05) is 24.5 Å². The van der Waals surface area contributed by atoms with Crippen LogP contribution in [0.15, 0.2) is 24.3 Å². The minimum atomic E-state index is 0.444. The monoisotopic (exact) mass is 288 g/mol. The van der Waals surface area contributed by atoms with Gasteiger partial charge in [0.15, 0.2) is 0 Å². The summed E-state index contributed by atoms with van der Waals surface area (Å²) in [6, 6.07) is 8.90. The molecule has 1 saturated heterocycles. The van der Waals surface area contributed by atoms with E-state index in [1.807, 2.05) is 0 Å². The molecular weight excluding hydrogens is 256 g/mol. The van der Waals surface area contributed by atoms with Crippen molar-refractivity contribution in [3.05, 3.63) is 29.8 Å². The van der Waals surface area contributed by atoms with E-state index in [0.29, 0.717) is 5.41 Å². The predicted octanol–water partition coefficient (Wildman–Crippen LogP) is 4.45.